The van der Waals surface area contributed by atoms with Gasteiger partial charge in [0.15, 0.2) is 5.13 Å². The highest BCUT2D eigenvalue weighted by molar-refractivity contribution is 7.89. The minimum Gasteiger partial charge on any atom is -0.328 e. The van der Waals surface area contributed by atoms with E-state index in [4.69, 9.17) is 0 Å². The number of nitrogens with one attached hydrogen (secondary N) is 1. The number of carbonyl (C=O) groups is 2. The Morgan fingerprint density at radius 1 is 1.24 bits per heavy atom. The maximum absolute atomic E-state index is 13.2. The number of piperazine rings is 1. The molecule has 1 aromatic carbocycles. The van der Waals surface area contributed by atoms with Gasteiger partial charge in [-0.3, -0.25) is 9.59 Å². The van der Waals surface area contributed by atoms with Crippen molar-refractivity contribution in [2.45, 2.75) is 56.4 Å². The Kier molecular flexibility index (Phi) is 7.45. The first kappa shape index (κ1) is 23.8. The highest BCUT2D eigenvalue weighted by Crippen LogP contribution is 2.30. The van der Waals surface area contributed by atoms with Crippen molar-refractivity contribution < 1.29 is 18.0 Å². The zero-order valence-corrected chi connectivity index (χ0v) is 20.4. The number of hydrogen-bond donors (Lipinski definition) is 1. The molecule has 0 spiro atoms. The summed E-state index contributed by atoms with van der Waals surface area (Å²) in [6.45, 7) is 1.92. The van der Waals surface area contributed by atoms with Gasteiger partial charge in [-0.2, -0.15) is 4.31 Å². The summed E-state index contributed by atoms with van der Waals surface area (Å²) < 4.78 is 27.4. The van der Waals surface area contributed by atoms with Crippen molar-refractivity contribution in [3.05, 3.63) is 41.4 Å². The van der Waals surface area contributed by atoms with Crippen LogP contribution in [0.4, 0.5) is 5.13 Å². The van der Waals surface area contributed by atoms with Gasteiger partial charge >= 0.3 is 0 Å². The molecule has 33 heavy (non-hydrogen) atoms. The molecule has 1 N–H and O–H groups in total. The lowest BCUT2D eigenvalue weighted by Gasteiger charge is -2.39. The number of rotatable bonds is 7. The molecule has 2 aromatic rings. The van der Waals surface area contributed by atoms with Crippen LogP contribution in [0, 0.1) is 12.8 Å². The van der Waals surface area contributed by atoms with E-state index in [1.54, 1.807) is 34.7 Å². The van der Waals surface area contributed by atoms with Crippen LogP contribution in [0.5, 0.6) is 0 Å². The molecule has 1 atom stereocenters. The highest BCUT2D eigenvalue weighted by atomic mass is 32.2. The molecule has 0 bridgehead atoms. The number of anilines is 1. The molecular formula is C23H30N4O4S2. The first-order valence-electron chi connectivity index (χ1n) is 11.4. The summed E-state index contributed by atoms with van der Waals surface area (Å²) in [6.07, 6.45) is 7.81. The van der Waals surface area contributed by atoms with Gasteiger partial charge in [0.2, 0.25) is 21.8 Å². The first-order chi connectivity index (χ1) is 15.8. The van der Waals surface area contributed by atoms with E-state index in [-0.39, 0.29) is 36.3 Å². The number of nitrogens with zero attached hydrogens (tertiary/aromatic N) is 3. The van der Waals surface area contributed by atoms with Crippen molar-refractivity contribution in [1.82, 2.24) is 14.2 Å². The predicted octanol–water partition coefficient (Wildman–Crippen LogP) is 3.26. The van der Waals surface area contributed by atoms with Gasteiger partial charge in [-0.25, -0.2) is 13.4 Å². The fourth-order valence-corrected chi connectivity index (χ4v) is 6.73. The molecule has 178 valence electrons. The lowest BCUT2D eigenvalue weighted by atomic mass is 9.84. The fraction of sp³-hybridized carbons (Fsp3) is 0.522. The molecule has 0 radical (unpaired) electrons. The van der Waals surface area contributed by atoms with Crippen molar-refractivity contribution in [2.75, 3.05) is 25.0 Å². The monoisotopic (exact) mass is 490 g/mol. The Morgan fingerprint density at radius 3 is 2.70 bits per heavy atom. The number of aryl methyl sites for hydroxylation is 1. The van der Waals surface area contributed by atoms with Gasteiger partial charge in [0.25, 0.3) is 0 Å². The Balaban J connectivity index is 1.50. The minimum atomic E-state index is -3.78. The SMILES string of the molecule is Cc1cccc(S(=O)(=O)N2CCN(C(CC3CCCCC3)C(=O)Nc3nccs3)C(=O)C2)c1. The largest absolute Gasteiger partial charge is 0.328 e. The van der Waals surface area contributed by atoms with Crippen LogP contribution >= 0.6 is 11.3 Å². The smallest absolute Gasteiger partial charge is 0.248 e. The Morgan fingerprint density at radius 2 is 2.03 bits per heavy atom. The molecule has 4 rings (SSSR count). The summed E-state index contributed by atoms with van der Waals surface area (Å²) in [4.78, 5) is 32.2. The summed E-state index contributed by atoms with van der Waals surface area (Å²) in [6, 6.07) is 6.06. The molecule has 1 saturated heterocycles. The second-order valence-electron chi connectivity index (χ2n) is 8.82. The number of thiazole rings is 1. The van der Waals surface area contributed by atoms with Gasteiger partial charge < -0.3 is 10.2 Å². The van der Waals surface area contributed by atoms with E-state index in [2.05, 4.69) is 10.3 Å². The van der Waals surface area contributed by atoms with Gasteiger partial charge in [0.05, 0.1) is 11.4 Å². The van der Waals surface area contributed by atoms with Crippen LogP contribution in [0.1, 0.15) is 44.1 Å². The van der Waals surface area contributed by atoms with E-state index in [0.29, 0.717) is 17.5 Å². The Labute approximate surface area is 199 Å². The summed E-state index contributed by atoms with van der Waals surface area (Å²) in [5, 5.41) is 5.13. The van der Waals surface area contributed by atoms with E-state index in [9.17, 15) is 18.0 Å². The van der Waals surface area contributed by atoms with Crippen LogP contribution in [0.3, 0.4) is 0 Å². The first-order valence-corrected chi connectivity index (χ1v) is 13.7. The minimum absolute atomic E-state index is 0.160. The zero-order valence-electron chi connectivity index (χ0n) is 18.8. The summed E-state index contributed by atoms with van der Waals surface area (Å²) >= 11 is 1.33. The van der Waals surface area contributed by atoms with Crippen LogP contribution in [0.25, 0.3) is 0 Å². The molecule has 1 aromatic heterocycles. The maximum Gasteiger partial charge on any atom is 0.248 e. The number of benzene rings is 1. The van der Waals surface area contributed by atoms with E-state index in [0.717, 1.165) is 31.2 Å². The molecular weight excluding hydrogens is 460 g/mol. The van der Waals surface area contributed by atoms with Gasteiger partial charge in [0, 0.05) is 24.7 Å². The number of aromatic nitrogens is 1. The third kappa shape index (κ3) is 5.62. The normalized spacial score (nSPS) is 19.4. The van der Waals surface area contributed by atoms with Crippen LogP contribution in [-0.2, 0) is 19.6 Å². The fourth-order valence-electron chi connectivity index (χ4n) is 4.71. The molecule has 8 nitrogen and oxygen atoms in total. The van der Waals surface area contributed by atoms with Crippen molar-refractivity contribution in [3.63, 3.8) is 0 Å². The molecule has 2 amide bonds. The Bertz CT molecular complexity index is 1080. The van der Waals surface area contributed by atoms with Crippen molar-refractivity contribution in [2.24, 2.45) is 5.92 Å². The number of hydrogen-bond acceptors (Lipinski definition) is 6. The predicted molar refractivity (Wildman–Crippen MR) is 127 cm³/mol. The van der Waals surface area contributed by atoms with E-state index in [1.807, 2.05) is 13.0 Å². The van der Waals surface area contributed by atoms with Gasteiger partial charge in [-0.05, 0) is 37.0 Å². The third-order valence-corrected chi connectivity index (χ3v) is 9.00. The van der Waals surface area contributed by atoms with Crippen LogP contribution < -0.4 is 5.32 Å². The molecule has 2 aliphatic rings. The van der Waals surface area contributed by atoms with Crippen molar-refractivity contribution in [3.8, 4) is 0 Å². The summed E-state index contributed by atoms with van der Waals surface area (Å²) in [5.74, 6) is -0.209. The third-order valence-electron chi connectivity index (χ3n) is 6.47. The van der Waals surface area contributed by atoms with Crippen LogP contribution in [0.2, 0.25) is 0 Å². The quantitative estimate of drug-likeness (QED) is 0.642. The van der Waals surface area contributed by atoms with Crippen molar-refractivity contribution >= 4 is 38.3 Å². The second-order valence-corrected chi connectivity index (χ2v) is 11.7. The van der Waals surface area contributed by atoms with Gasteiger partial charge in [0.1, 0.15) is 6.04 Å². The van der Waals surface area contributed by atoms with E-state index >= 15 is 0 Å². The van der Waals surface area contributed by atoms with Crippen LogP contribution in [-0.4, -0.2) is 60.1 Å². The Hall–Kier alpha value is -2.30. The molecule has 1 unspecified atom stereocenters. The number of carbonyl (C=O) groups excluding carboxylic acids is 2. The maximum atomic E-state index is 13.2. The molecule has 10 heteroatoms. The van der Waals surface area contributed by atoms with Gasteiger partial charge in [-0.1, -0.05) is 44.2 Å². The number of sulfonamides is 1. The summed E-state index contributed by atoms with van der Waals surface area (Å²) in [5.41, 5.74) is 0.840. The molecule has 1 aliphatic carbocycles. The second kappa shape index (κ2) is 10.3. The topological polar surface area (TPSA) is 99.7 Å². The number of amides is 2. The lowest BCUT2D eigenvalue weighted by molar-refractivity contribution is -0.142. The lowest BCUT2D eigenvalue weighted by Crippen LogP contribution is -2.58. The molecule has 1 aliphatic heterocycles. The van der Waals surface area contributed by atoms with Gasteiger partial charge in [-0.15, -0.1) is 11.3 Å². The van der Waals surface area contributed by atoms with Crippen molar-refractivity contribution in [1.29, 1.82) is 0 Å². The zero-order chi connectivity index (χ0) is 23.4. The van der Waals surface area contributed by atoms with Crippen LogP contribution in [0.15, 0.2) is 40.7 Å². The average molecular weight is 491 g/mol. The standard InChI is InChI=1S/C23H30N4O4S2/c1-17-6-5-9-19(14-17)33(30,31)26-11-12-27(21(28)16-26)20(15-18-7-3-2-4-8-18)22(29)25-23-24-10-13-32-23/h5-6,9-10,13-14,18,20H,2-4,7-8,11-12,15-16H2,1H3,(H,24,25,29). The van der Waals surface area contributed by atoms with E-state index < -0.39 is 16.1 Å². The average Bonchev–Trinajstić information content (AvgIpc) is 3.31. The van der Waals surface area contributed by atoms with E-state index in [1.165, 1.54) is 22.1 Å². The summed E-state index contributed by atoms with van der Waals surface area (Å²) in [7, 11) is -3.78. The molecule has 2 fully saturated rings. The highest BCUT2D eigenvalue weighted by Gasteiger charge is 2.39. The molecule has 2 heterocycles. The molecule has 1 saturated carbocycles.